The maximum absolute atomic E-state index is 13.2. The van der Waals surface area contributed by atoms with E-state index < -0.39 is 6.10 Å². The number of halogens is 2. The van der Waals surface area contributed by atoms with Gasteiger partial charge in [-0.15, -0.1) is 0 Å². The molecule has 0 unspecified atom stereocenters. The number of benzene rings is 2. The molecule has 0 saturated carbocycles. The van der Waals surface area contributed by atoms with Crippen LogP contribution in [0.25, 0.3) is 0 Å². The number of nitrogens with zero attached hydrogens (tertiary/aromatic N) is 1. The quantitative estimate of drug-likeness (QED) is 0.613. The maximum atomic E-state index is 13.2. The van der Waals surface area contributed by atoms with Crippen LogP contribution < -0.4 is 15.4 Å². The van der Waals surface area contributed by atoms with Crippen LogP contribution in [0.1, 0.15) is 25.3 Å². The lowest BCUT2D eigenvalue weighted by Gasteiger charge is -2.34. The standard InChI is InChI=1S/C23H27BrFN3O3/c1-15-5-8-19(9-6-15)27-23(30)26-13-17-4-3-11-28(14-17)22(29)16(2)31-21-10-7-18(25)12-20(21)24/h5-10,12,16-17H,3-4,11,13-14H2,1-2H3,(H2,26,27,30)/t16-,17+/m0/s1. The monoisotopic (exact) mass is 491 g/mol. The van der Waals surface area contributed by atoms with Gasteiger partial charge in [-0.25, -0.2) is 9.18 Å². The molecule has 0 aromatic heterocycles. The minimum Gasteiger partial charge on any atom is -0.480 e. The molecular weight excluding hydrogens is 465 g/mol. The first-order chi connectivity index (χ1) is 14.8. The largest absolute Gasteiger partial charge is 0.480 e. The molecule has 2 aromatic rings. The molecule has 1 saturated heterocycles. The van der Waals surface area contributed by atoms with Crippen molar-refractivity contribution < 1.29 is 18.7 Å². The fourth-order valence-electron chi connectivity index (χ4n) is 3.55. The molecule has 3 amide bonds. The fourth-order valence-corrected chi connectivity index (χ4v) is 3.99. The van der Waals surface area contributed by atoms with E-state index in [1.54, 1.807) is 11.8 Å². The summed E-state index contributed by atoms with van der Waals surface area (Å²) in [7, 11) is 0. The fraction of sp³-hybridized carbons (Fsp3) is 0.391. The van der Waals surface area contributed by atoms with Gasteiger partial charge >= 0.3 is 6.03 Å². The van der Waals surface area contributed by atoms with E-state index in [9.17, 15) is 14.0 Å². The highest BCUT2D eigenvalue weighted by atomic mass is 79.9. The van der Waals surface area contributed by atoms with Crippen molar-refractivity contribution in [1.29, 1.82) is 0 Å². The van der Waals surface area contributed by atoms with Crippen molar-refractivity contribution in [2.45, 2.75) is 32.8 Å². The summed E-state index contributed by atoms with van der Waals surface area (Å²) in [5, 5.41) is 5.71. The van der Waals surface area contributed by atoms with Gasteiger partial charge in [-0.3, -0.25) is 4.79 Å². The molecule has 31 heavy (non-hydrogen) atoms. The number of hydrogen-bond acceptors (Lipinski definition) is 3. The third kappa shape index (κ3) is 6.69. The van der Waals surface area contributed by atoms with Gasteiger partial charge in [0, 0.05) is 25.3 Å². The third-order valence-electron chi connectivity index (χ3n) is 5.24. The summed E-state index contributed by atoms with van der Waals surface area (Å²) in [4.78, 5) is 26.8. The number of piperidine rings is 1. The van der Waals surface area contributed by atoms with Crippen molar-refractivity contribution >= 4 is 33.6 Å². The first kappa shape index (κ1) is 23.1. The van der Waals surface area contributed by atoms with E-state index in [1.807, 2.05) is 31.2 Å². The number of nitrogens with one attached hydrogen (secondary N) is 2. The number of rotatable bonds is 6. The molecule has 1 aliphatic rings. The number of aryl methyl sites for hydroxylation is 1. The molecule has 1 heterocycles. The van der Waals surface area contributed by atoms with E-state index in [0.29, 0.717) is 29.9 Å². The zero-order valence-electron chi connectivity index (χ0n) is 17.7. The highest BCUT2D eigenvalue weighted by molar-refractivity contribution is 9.10. The summed E-state index contributed by atoms with van der Waals surface area (Å²) < 4.78 is 19.5. The van der Waals surface area contributed by atoms with E-state index in [-0.39, 0.29) is 23.7 Å². The second kappa shape index (κ2) is 10.6. The van der Waals surface area contributed by atoms with Gasteiger partial charge in [-0.1, -0.05) is 17.7 Å². The summed E-state index contributed by atoms with van der Waals surface area (Å²) in [6.45, 7) is 5.38. The number of likely N-dealkylation sites (tertiary alicyclic amines) is 1. The molecule has 3 rings (SSSR count). The average Bonchev–Trinajstić information content (AvgIpc) is 2.75. The summed E-state index contributed by atoms with van der Waals surface area (Å²) in [5.41, 5.74) is 1.87. The molecule has 8 heteroatoms. The second-order valence-electron chi connectivity index (χ2n) is 7.83. The SMILES string of the molecule is Cc1ccc(NC(=O)NC[C@H]2CCCN(C(=O)[C@H](C)Oc3ccc(F)cc3Br)C2)cc1. The van der Waals surface area contributed by atoms with E-state index in [1.165, 1.54) is 18.2 Å². The van der Waals surface area contributed by atoms with E-state index in [2.05, 4.69) is 26.6 Å². The Morgan fingerprint density at radius 1 is 1.26 bits per heavy atom. The van der Waals surface area contributed by atoms with Crippen LogP contribution in [-0.2, 0) is 4.79 Å². The normalized spacial score (nSPS) is 17.0. The average molecular weight is 492 g/mol. The predicted octanol–water partition coefficient (Wildman–Crippen LogP) is 4.72. The molecule has 1 aliphatic heterocycles. The van der Waals surface area contributed by atoms with E-state index in [4.69, 9.17) is 4.74 Å². The van der Waals surface area contributed by atoms with Crippen molar-refractivity contribution in [3.63, 3.8) is 0 Å². The lowest BCUT2D eigenvalue weighted by molar-refractivity contribution is -0.139. The summed E-state index contributed by atoms with van der Waals surface area (Å²) in [6.07, 6.45) is 1.11. The number of ether oxygens (including phenoxy) is 1. The molecular formula is C23H27BrFN3O3. The van der Waals surface area contributed by atoms with Gasteiger partial charge in [0.25, 0.3) is 5.91 Å². The van der Waals surface area contributed by atoms with Gasteiger partial charge in [-0.2, -0.15) is 0 Å². The van der Waals surface area contributed by atoms with Gasteiger partial charge in [-0.05, 0) is 78.9 Å². The zero-order chi connectivity index (χ0) is 22.4. The van der Waals surface area contributed by atoms with Crippen LogP contribution in [0, 0.1) is 18.7 Å². The number of urea groups is 1. The molecule has 2 atom stereocenters. The number of hydrogen-bond donors (Lipinski definition) is 2. The molecule has 0 spiro atoms. The number of amides is 3. The molecule has 0 aliphatic carbocycles. The number of anilines is 1. The Balaban J connectivity index is 1.48. The van der Waals surface area contributed by atoms with Gasteiger partial charge < -0.3 is 20.3 Å². The Hall–Kier alpha value is -2.61. The summed E-state index contributed by atoms with van der Waals surface area (Å²) in [6, 6.07) is 11.4. The lowest BCUT2D eigenvalue weighted by Crippen LogP contribution is -2.48. The Bertz CT molecular complexity index is 923. The topological polar surface area (TPSA) is 70.7 Å². The molecule has 0 bridgehead atoms. The summed E-state index contributed by atoms with van der Waals surface area (Å²) >= 11 is 3.26. The third-order valence-corrected chi connectivity index (χ3v) is 5.86. The lowest BCUT2D eigenvalue weighted by atomic mass is 9.97. The molecule has 0 radical (unpaired) electrons. The molecule has 2 aromatic carbocycles. The van der Waals surface area contributed by atoms with Gasteiger partial charge in [0.15, 0.2) is 6.10 Å². The van der Waals surface area contributed by atoms with Crippen molar-refractivity contribution in [2.24, 2.45) is 5.92 Å². The zero-order valence-corrected chi connectivity index (χ0v) is 19.2. The van der Waals surface area contributed by atoms with Gasteiger partial charge in [0.1, 0.15) is 11.6 Å². The first-order valence-corrected chi connectivity index (χ1v) is 11.1. The van der Waals surface area contributed by atoms with Crippen molar-refractivity contribution in [1.82, 2.24) is 10.2 Å². The first-order valence-electron chi connectivity index (χ1n) is 10.3. The number of carbonyl (C=O) groups is 2. The Kier molecular flexibility index (Phi) is 7.90. The van der Waals surface area contributed by atoms with Gasteiger partial charge in [0.05, 0.1) is 4.47 Å². The van der Waals surface area contributed by atoms with Crippen molar-refractivity contribution in [3.05, 3.63) is 58.3 Å². The van der Waals surface area contributed by atoms with Crippen LogP contribution in [0.15, 0.2) is 46.9 Å². The van der Waals surface area contributed by atoms with Crippen LogP contribution in [0.5, 0.6) is 5.75 Å². The minimum atomic E-state index is -0.696. The molecule has 166 valence electrons. The van der Waals surface area contributed by atoms with Crippen molar-refractivity contribution in [3.8, 4) is 5.75 Å². The predicted molar refractivity (Wildman–Crippen MR) is 122 cm³/mol. The maximum Gasteiger partial charge on any atom is 0.319 e. The van der Waals surface area contributed by atoms with Crippen LogP contribution in [0.2, 0.25) is 0 Å². The summed E-state index contributed by atoms with van der Waals surface area (Å²) in [5.74, 6) is 0.0949. The Labute approximate surface area is 190 Å². The van der Waals surface area contributed by atoms with Crippen LogP contribution in [0.3, 0.4) is 0 Å². The smallest absolute Gasteiger partial charge is 0.319 e. The van der Waals surface area contributed by atoms with Crippen LogP contribution in [0.4, 0.5) is 14.9 Å². The molecule has 1 fully saturated rings. The molecule has 2 N–H and O–H groups in total. The van der Waals surface area contributed by atoms with Crippen LogP contribution >= 0.6 is 15.9 Å². The van der Waals surface area contributed by atoms with Crippen molar-refractivity contribution in [2.75, 3.05) is 25.0 Å². The molecule has 6 nitrogen and oxygen atoms in total. The second-order valence-corrected chi connectivity index (χ2v) is 8.68. The van der Waals surface area contributed by atoms with Crippen LogP contribution in [-0.4, -0.2) is 42.6 Å². The number of carbonyl (C=O) groups excluding carboxylic acids is 2. The van der Waals surface area contributed by atoms with Gasteiger partial charge in [0.2, 0.25) is 0 Å². The highest BCUT2D eigenvalue weighted by Gasteiger charge is 2.28. The highest BCUT2D eigenvalue weighted by Crippen LogP contribution is 2.27. The van der Waals surface area contributed by atoms with E-state index in [0.717, 1.165) is 24.1 Å². The van der Waals surface area contributed by atoms with E-state index >= 15 is 0 Å². The minimum absolute atomic E-state index is 0.120. The Morgan fingerprint density at radius 2 is 2.00 bits per heavy atom. The Morgan fingerprint density at radius 3 is 2.71 bits per heavy atom.